The largest absolute Gasteiger partial charge is 0.493 e. The molecule has 0 amide bonds. The van der Waals surface area contributed by atoms with Crippen LogP contribution in [0, 0.1) is 0 Å². The minimum Gasteiger partial charge on any atom is -0.493 e. The highest BCUT2D eigenvalue weighted by atomic mass is 32.2. The molecule has 3 aromatic rings. The summed E-state index contributed by atoms with van der Waals surface area (Å²) in [5, 5.41) is 0. The molecule has 12 nitrogen and oxygen atoms in total. The Morgan fingerprint density at radius 1 is 0.925 bits per heavy atom. The standard InChI is InChI=1S/C27H40N6O6S/c1-9-13-32-25-24(26(34)33(14-10-2)27(32)35)31(6)23(28-25)12-11-19-17-20(38-7)21(39-8)18-22(19)40(36,37)30(5)16-15-29(3)4/h11-12,17-18H,9-10,13-16H2,1-8H3. The molecule has 0 N–H and O–H groups in total. The number of benzene rings is 1. The highest BCUT2D eigenvalue weighted by Crippen LogP contribution is 2.35. The van der Waals surface area contributed by atoms with Gasteiger partial charge in [-0.1, -0.05) is 13.8 Å². The number of nitrogens with zero attached hydrogens (tertiary/aromatic N) is 6. The third-order valence-corrected chi connectivity index (χ3v) is 8.56. The lowest BCUT2D eigenvalue weighted by Gasteiger charge is -2.21. The fourth-order valence-electron chi connectivity index (χ4n) is 4.40. The van der Waals surface area contributed by atoms with E-state index in [0.29, 0.717) is 60.8 Å². The Morgan fingerprint density at radius 3 is 2.10 bits per heavy atom. The SMILES string of the molecule is CCCn1c(=O)c2c(nc(C=Cc3cc(OC)c(OC)cc3S(=O)(=O)N(C)CCN(C)C)n2C)n(CCC)c1=O. The molecule has 0 bridgehead atoms. The highest BCUT2D eigenvalue weighted by molar-refractivity contribution is 7.89. The average molecular weight is 577 g/mol. The van der Waals surface area contributed by atoms with Crippen molar-refractivity contribution in [2.45, 2.75) is 44.7 Å². The second kappa shape index (κ2) is 12.8. The topological polar surface area (TPSA) is 121 Å². The molecule has 40 heavy (non-hydrogen) atoms. The van der Waals surface area contributed by atoms with Gasteiger partial charge in [0.2, 0.25) is 10.0 Å². The van der Waals surface area contributed by atoms with Crippen LogP contribution in [0.25, 0.3) is 23.3 Å². The predicted molar refractivity (Wildman–Crippen MR) is 157 cm³/mol. The Bertz CT molecular complexity index is 1620. The molecule has 0 aliphatic carbocycles. The van der Waals surface area contributed by atoms with Crippen molar-refractivity contribution in [2.24, 2.45) is 7.05 Å². The van der Waals surface area contributed by atoms with Crippen LogP contribution < -0.4 is 20.7 Å². The van der Waals surface area contributed by atoms with E-state index in [1.165, 1.54) is 40.8 Å². The fourth-order valence-corrected chi connectivity index (χ4v) is 5.74. The lowest BCUT2D eigenvalue weighted by atomic mass is 10.2. The molecule has 2 heterocycles. The molecule has 13 heteroatoms. The number of methoxy groups -OCH3 is 2. The molecule has 0 saturated carbocycles. The molecule has 0 fully saturated rings. The molecular formula is C27H40N6O6S. The Balaban J connectivity index is 2.23. The molecule has 0 saturated heterocycles. The van der Waals surface area contributed by atoms with Crippen molar-refractivity contribution in [1.29, 1.82) is 0 Å². The second-order valence-corrected chi connectivity index (χ2v) is 11.8. The van der Waals surface area contributed by atoms with E-state index in [9.17, 15) is 18.0 Å². The van der Waals surface area contributed by atoms with Crippen LogP contribution in [-0.2, 0) is 30.2 Å². The van der Waals surface area contributed by atoms with Crippen LogP contribution in [-0.4, -0.2) is 84.8 Å². The zero-order valence-electron chi connectivity index (χ0n) is 24.6. The van der Waals surface area contributed by atoms with Gasteiger partial charge in [0, 0.05) is 46.3 Å². The first kappa shape index (κ1) is 31.1. The number of hydrogen-bond donors (Lipinski definition) is 0. The van der Waals surface area contributed by atoms with Gasteiger partial charge in [-0.25, -0.2) is 18.2 Å². The number of hydrogen-bond acceptors (Lipinski definition) is 8. The van der Waals surface area contributed by atoms with Gasteiger partial charge >= 0.3 is 5.69 Å². The van der Waals surface area contributed by atoms with Crippen molar-refractivity contribution in [2.75, 3.05) is 48.5 Å². The number of fused-ring (bicyclic) bond motifs is 1. The third kappa shape index (κ3) is 6.01. The van der Waals surface area contributed by atoms with E-state index in [1.807, 2.05) is 32.8 Å². The molecule has 3 rings (SSSR count). The lowest BCUT2D eigenvalue weighted by molar-refractivity contribution is 0.351. The van der Waals surface area contributed by atoms with E-state index in [-0.39, 0.29) is 22.9 Å². The summed E-state index contributed by atoms with van der Waals surface area (Å²) in [5.74, 6) is 1.04. The zero-order valence-corrected chi connectivity index (χ0v) is 25.4. The van der Waals surface area contributed by atoms with Gasteiger partial charge in [0.05, 0.1) is 19.1 Å². The zero-order chi connectivity index (χ0) is 29.8. The number of aromatic nitrogens is 4. The van der Waals surface area contributed by atoms with E-state index in [0.717, 1.165) is 0 Å². The summed E-state index contributed by atoms with van der Waals surface area (Å²) >= 11 is 0. The van der Waals surface area contributed by atoms with Crippen LogP contribution >= 0.6 is 0 Å². The summed E-state index contributed by atoms with van der Waals surface area (Å²) in [6.45, 7) is 5.41. The molecule has 0 spiro atoms. The molecule has 0 unspecified atom stereocenters. The van der Waals surface area contributed by atoms with Gasteiger partial charge in [-0.15, -0.1) is 0 Å². The smallest absolute Gasteiger partial charge is 0.332 e. The van der Waals surface area contributed by atoms with Crippen LogP contribution in [0.2, 0.25) is 0 Å². The average Bonchev–Trinajstić information content (AvgIpc) is 3.25. The normalized spacial score (nSPS) is 12.3. The van der Waals surface area contributed by atoms with Crippen molar-refractivity contribution in [3.8, 4) is 11.5 Å². The van der Waals surface area contributed by atoms with Crippen LogP contribution in [0.1, 0.15) is 38.1 Å². The maximum atomic E-state index is 13.6. The van der Waals surface area contributed by atoms with Crippen molar-refractivity contribution in [1.82, 2.24) is 27.9 Å². The first-order chi connectivity index (χ1) is 18.9. The Kier molecular flexibility index (Phi) is 9.98. The third-order valence-electron chi connectivity index (χ3n) is 6.65. The Morgan fingerprint density at radius 2 is 1.52 bits per heavy atom. The van der Waals surface area contributed by atoms with Gasteiger partial charge in [-0.2, -0.15) is 4.31 Å². The second-order valence-electron chi connectivity index (χ2n) is 9.80. The minimum absolute atomic E-state index is 0.0367. The number of aryl methyl sites for hydroxylation is 2. The van der Waals surface area contributed by atoms with Crippen molar-refractivity contribution in [3.05, 3.63) is 44.4 Å². The fraction of sp³-hybridized carbons (Fsp3) is 0.519. The van der Waals surface area contributed by atoms with E-state index >= 15 is 0 Å². The van der Waals surface area contributed by atoms with Gasteiger partial charge in [0.25, 0.3) is 5.56 Å². The van der Waals surface area contributed by atoms with Crippen LogP contribution in [0.4, 0.5) is 0 Å². The first-order valence-electron chi connectivity index (χ1n) is 13.2. The van der Waals surface area contributed by atoms with Gasteiger partial charge in [0.1, 0.15) is 5.82 Å². The van der Waals surface area contributed by atoms with Crippen LogP contribution in [0.5, 0.6) is 11.5 Å². The van der Waals surface area contributed by atoms with E-state index in [1.54, 1.807) is 29.8 Å². The van der Waals surface area contributed by atoms with E-state index in [2.05, 4.69) is 4.98 Å². The van der Waals surface area contributed by atoms with Crippen LogP contribution in [0.3, 0.4) is 0 Å². The van der Waals surface area contributed by atoms with Crippen molar-refractivity contribution < 1.29 is 17.9 Å². The summed E-state index contributed by atoms with van der Waals surface area (Å²) < 4.78 is 43.8. The van der Waals surface area contributed by atoms with Crippen molar-refractivity contribution >= 4 is 33.3 Å². The maximum absolute atomic E-state index is 13.6. The molecule has 1 aromatic carbocycles. The van der Waals surface area contributed by atoms with E-state index in [4.69, 9.17) is 9.47 Å². The number of rotatable bonds is 13. The van der Waals surface area contributed by atoms with Crippen LogP contribution in [0.15, 0.2) is 26.6 Å². The van der Waals surface area contributed by atoms with Gasteiger partial charge < -0.3 is 18.9 Å². The molecule has 0 aliphatic rings. The predicted octanol–water partition coefficient (Wildman–Crippen LogP) is 2.09. The van der Waals surface area contributed by atoms with Crippen molar-refractivity contribution in [3.63, 3.8) is 0 Å². The molecular weight excluding hydrogens is 536 g/mol. The monoisotopic (exact) mass is 576 g/mol. The number of imidazole rings is 1. The van der Waals surface area contributed by atoms with Gasteiger partial charge in [-0.05, 0) is 50.7 Å². The quantitative estimate of drug-likeness (QED) is 0.303. The summed E-state index contributed by atoms with van der Waals surface area (Å²) in [5.41, 5.74) is 0.181. The maximum Gasteiger partial charge on any atom is 0.332 e. The summed E-state index contributed by atoms with van der Waals surface area (Å²) in [7, 11) is 5.99. The highest BCUT2D eigenvalue weighted by Gasteiger charge is 2.26. The molecule has 2 aromatic heterocycles. The first-order valence-corrected chi connectivity index (χ1v) is 14.6. The van der Waals surface area contributed by atoms with Gasteiger partial charge in [-0.3, -0.25) is 13.9 Å². The Hall–Kier alpha value is -3.42. The summed E-state index contributed by atoms with van der Waals surface area (Å²) in [6, 6.07) is 3.03. The van der Waals surface area contributed by atoms with Gasteiger partial charge in [0.15, 0.2) is 22.7 Å². The molecule has 220 valence electrons. The summed E-state index contributed by atoms with van der Waals surface area (Å²) in [6.07, 6.45) is 4.57. The molecule has 0 aliphatic heterocycles. The number of sulfonamides is 1. The lowest BCUT2D eigenvalue weighted by Crippen LogP contribution is -2.40. The molecule has 0 radical (unpaired) electrons. The minimum atomic E-state index is -3.91. The Labute approximate surface area is 235 Å². The number of likely N-dealkylation sites (N-methyl/N-ethyl adjacent to an activating group) is 2. The van der Waals surface area contributed by atoms with E-state index < -0.39 is 15.6 Å². The molecule has 0 atom stereocenters. The summed E-state index contributed by atoms with van der Waals surface area (Å²) in [4.78, 5) is 32.9. The number of ether oxygens (including phenoxy) is 2.